The van der Waals surface area contributed by atoms with Gasteiger partial charge in [-0.3, -0.25) is 0 Å². The summed E-state index contributed by atoms with van der Waals surface area (Å²) in [5, 5.41) is 9.26. The largest absolute Gasteiger partial charge is 0.497 e. The van der Waals surface area contributed by atoms with Crippen molar-refractivity contribution in [3.8, 4) is 17.1 Å². The van der Waals surface area contributed by atoms with Crippen LogP contribution in [0.4, 0.5) is 11.5 Å². The molecule has 0 spiro atoms. The van der Waals surface area contributed by atoms with Crippen LogP contribution >= 0.6 is 0 Å². The zero-order chi connectivity index (χ0) is 20.0. The molecule has 0 saturated heterocycles. The smallest absolute Gasteiger partial charge is 0.154 e. The first-order valence-corrected chi connectivity index (χ1v) is 9.47. The first kappa shape index (κ1) is 17.3. The first-order chi connectivity index (χ1) is 14.1. The number of methoxy groups -OCH3 is 1. The molecule has 0 fully saturated rings. The van der Waals surface area contributed by atoms with Gasteiger partial charge >= 0.3 is 0 Å². The van der Waals surface area contributed by atoms with Crippen molar-refractivity contribution in [2.24, 2.45) is 0 Å². The van der Waals surface area contributed by atoms with E-state index in [0.717, 1.165) is 45.2 Å². The van der Waals surface area contributed by atoms with Crippen LogP contribution in [0.3, 0.4) is 0 Å². The quantitative estimate of drug-likeness (QED) is 0.445. The average Bonchev–Trinajstić information content (AvgIpc) is 3.33. The van der Waals surface area contributed by atoms with E-state index in [2.05, 4.69) is 53.4 Å². The topological polar surface area (TPSA) is 67.2 Å². The molecule has 3 heterocycles. The summed E-state index contributed by atoms with van der Waals surface area (Å²) >= 11 is 0. The highest BCUT2D eigenvalue weighted by Gasteiger charge is 2.11. The molecule has 0 atom stereocenters. The molecule has 0 radical (unpaired) electrons. The normalized spacial score (nSPS) is 11.3. The molecule has 2 N–H and O–H groups in total. The van der Waals surface area contributed by atoms with E-state index in [0.29, 0.717) is 0 Å². The minimum Gasteiger partial charge on any atom is -0.497 e. The van der Waals surface area contributed by atoms with Crippen molar-refractivity contribution in [2.45, 2.75) is 13.8 Å². The fourth-order valence-corrected chi connectivity index (χ4v) is 3.46. The number of anilines is 2. The molecule has 5 rings (SSSR count). The average molecular weight is 383 g/mol. The molecule has 5 aromatic rings. The number of aromatic amines is 1. The van der Waals surface area contributed by atoms with Crippen LogP contribution in [0.25, 0.3) is 27.9 Å². The fourth-order valence-electron chi connectivity index (χ4n) is 3.46. The SMILES string of the molecule is COc1ccc2cc(-c3cnc4ccc(Nc5ccc(C)c(C)c5)nn34)[nH]c2c1. The van der Waals surface area contributed by atoms with E-state index in [-0.39, 0.29) is 0 Å². The maximum absolute atomic E-state index is 5.32. The standard InChI is InChI=1S/C23H21N5O/c1-14-4-6-17(10-15(14)2)25-22-8-9-23-24-13-21(28(23)27-22)20-11-16-5-7-18(29-3)12-19(16)26-20/h4-13,26H,1-3H3,(H,25,27). The lowest BCUT2D eigenvalue weighted by Gasteiger charge is -2.09. The Bertz CT molecular complexity index is 1350. The number of hydrogen-bond acceptors (Lipinski definition) is 4. The molecule has 29 heavy (non-hydrogen) atoms. The van der Waals surface area contributed by atoms with Gasteiger partial charge in [0.25, 0.3) is 0 Å². The lowest BCUT2D eigenvalue weighted by Crippen LogP contribution is -2.00. The number of aryl methyl sites for hydroxylation is 2. The number of ether oxygens (including phenoxy) is 1. The third-order valence-corrected chi connectivity index (χ3v) is 5.25. The number of H-pyrrole nitrogens is 1. The van der Waals surface area contributed by atoms with Crippen molar-refractivity contribution < 1.29 is 4.74 Å². The van der Waals surface area contributed by atoms with Crippen LogP contribution in [0.5, 0.6) is 5.75 Å². The van der Waals surface area contributed by atoms with Crippen molar-refractivity contribution in [2.75, 3.05) is 12.4 Å². The molecule has 6 nitrogen and oxygen atoms in total. The van der Waals surface area contributed by atoms with E-state index >= 15 is 0 Å². The number of nitrogens with zero attached hydrogens (tertiary/aromatic N) is 3. The van der Waals surface area contributed by atoms with Gasteiger partial charge in [0.15, 0.2) is 11.5 Å². The highest BCUT2D eigenvalue weighted by molar-refractivity contribution is 5.86. The van der Waals surface area contributed by atoms with E-state index in [4.69, 9.17) is 9.84 Å². The number of imidazole rings is 1. The van der Waals surface area contributed by atoms with Crippen molar-refractivity contribution in [3.05, 3.63) is 71.9 Å². The van der Waals surface area contributed by atoms with Gasteiger partial charge in [-0.1, -0.05) is 6.07 Å². The number of rotatable bonds is 4. The zero-order valence-corrected chi connectivity index (χ0v) is 16.5. The molecule has 0 aliphatic rings. The first-order valence-electron chi connectivity index (χ1n) is 9.47. The van der Waals surface area contributed by atoms with Crippen LogP contribution < -0.4 is 10.1 Å². The molecular weight excluding hydrogens is 362 g/mol. The molecule has 0 aliphatic carbocycles. The van der Waals surface area contributed by atoms with Crippen molar-refractivity contribution >= 4 is 28.1 Å². The Morgan fingerprint density at radius 1 is 0.966 bits per heavy atom. The van der Waals surface area contributed by atoms with E-state index < -0.39 is 0 Å². The van der Waals surface area contributed by atoms with Crippen molar-refractivity contribution in [3.63, 3.8) is 0 Å². The second-order valence-electron chi connectivity index (χ2n) is 7.19. The summed E-state index contributed by atoms with van der Waals surface area (Å²) in [6, 6.07) is 18.3. The monoisotopic (exact) mass is 383 g/mol. The number of aromatic nitrogens is 4. The minimum absolute atomic E-state index is 0.762. The second kappa shape index (κ2) is 6.67. The molecule has 0 unspecified atom stereocenters. The molecule has 2 aromatic carbocycles. The highest BCUT2D eigenvalue weighted by atomic mass is 16.5. The Morgan fingerprint density at radius 3 is 2.69 bits per heavy atom. The number of fused-ring (bicyclic) bond motifs is 2. The predicted molar refractivity (Wildman–Crippen MR) is 116 cm³/mol. The summed E-state index contributed by atoms with van der Waals surface area (Å²) in [5.41, 5.74) is 7.19. The number of hydrogen-bond donors (Lipinski definition) is 2. The third kappa shape index (κ3) is 3.08. The lowest BCUT2D eigenvalue weighted by atomic mass is 10.1. The van der Waals surface area contributed by atoms with Crippen molar-refractivity contribution in [1.82, 2.24) is 19.6 Å². The molecule has 144 valence electrons. The van der Waals surface area contributed by atoms with Gasteiger partial charge in [-0.15, -0.1) is 5.10 Å². The van der Waals surface area contributed by atoms with Crippen LogP contribution in [-0.4, -0.2) is 26.7 Å². The van der Waals surface area contributed by atoms with E-state index in [9.17, 15) is 0 Å². The predicted octanol–water partition coefficient (Wildman–Crippen LogP) is 5.25. The van der Waals surface area contributed by atoms with Crippen LogP contribution in [0.15, 0.2) is 60.8 Å². The summed E-state index contributed by atoms with van der Waals surface area (Å²) in [6.45, 7) is 4.22. The zero-order valence-electron chi connectivity index (χ0n) is 16.5. The maximum atomic E-state index is 5.32. The van der Waals surface area contributed by atoms with Crippen LogP contribution in [0, 0.1) is 13.8 Å². The van der Waals surface area contributed by atoms with Gasteiger partial charge in [0.2, 0.25) is 0 Å². The van der Waals surface area contributed by atoms with Crippen LogP contribution in [-0.2, 0) is 0 Å². The maximum Gasteiger partial charge on any atom is 0.154 e. The summed E-state index contributed by atoms with van der Waals surface area (Å²) in [7, 11) is 1.67. The van der Waals surface area contributed by atoms with E-state index in [1.54, 1.807) is 7.11 Å². The number of nitrogens with one attached hydrogen (secondary N) is 2. The molecule has 6 heteroatoms. The van der Waals surface area contributed by atoms with E-state index in [1.165, 1.54) is 11.1 Å². The van der Waals surface area contributed by atoms with Crippen LogP contribution in [0.1, 0.15) is 11.1 Å². The Balaban J connectivity index is 1.55. The second-order valence-corrected chi connectivity index (χ2v) is 7.19. The van der Waals surface area contributed by atoms with Crippen LogP contribution in [0.2, 0.25) is 0 Å². The minimum atomic E-state index is 0.762. The Hall–Kier alpha value is -3.80. The molecule has 3 aromatic heterocycles. The molecule has 0 saturated carbocycles. The van der Waals surface area contributed by atoms with Gasteiger partial charge in [-0.05, 0) is 67.4 Å². The van der Waals surface area contributed by atoms with Gasteiger partial charge < -0.3 is 15.0 Å². The fraction of sp³-hybridized carbons (Fsp3) is 0.130. The van der Waals surface area contributed by atoms with Gasteiger partial charge in [-0.25, -0.2) is 9.50 Å². The highest BCUT2D eigenvalue weighted by Crippen LogP contribution is 2.28. The molecule has 0 aliphatic heterocycles. The number of benzene rings is 2. The third-order valence-electron chi connectivity index (χ3n) is 5.25. The Morgan fingerprint density at radius 2 is 1.86 bits per heavy atom. The molecule has 0 amide bonds. The van der Waals surface area contributed by atoms with Gasteiger partial charge in [0.1, 0.15) is 11.4 Å². The van der Waals surface area contributed by atoms with E-state index in [1.807, 2.05) is 41.0 Å². The molecule has 0 bridgehead atoms. The summed E-state index contributed by atoms with van der Waals surface area (Å²) in [6.07, 6.45) is 1.84. The summed E-state index contributed by atoms with van der Waals surface area (Å²) < 4.78 is 7.17. The van der Waals surface area contributed by atoms with Gasteiger partial charge in [0.05, 0.1) is 19.0 Å². The van der Waals surface area contributed by atoms with Gasteiger partial charge in [-0.2, -0.15) is 0 Å². The Labute approximate surface area is 168 Å². The van der Waals surface area contributed by atoms with Gasteiger partial charge in [0, 0.05) is 22.7 Å². The summed E-state index contributed by atoms with van der Waals surface area (Å²) in [5.74, 6) is 1.58. The lowest BCUT2D eigenvalue weighted by molar-refractivity contribution is 0.415. The molecular formula is C23H21N5O. The van der Waals surface area contributed by atoms with Crippen molar-refractivity contribution in [1.29, 1.82) is 0 Å². The Kier molecular flexibility index (Phi) is 3.98. The summed E-state index contributed by atoms with van der Waals surface area (Å²) in [4.78, 5) is 7.95.